The lowest BCUT2D eigenvalue weighted by atomic mass is 9.82. The van der Waals surface area contributed by atoms with Crippen LogP contribution >= 0.6 is 0 Å². The van der Waals surface area contributed by atoms with E-state index in [0.29, 0.717) is 29.8 Å². The van der Waals surface area contributed by atoms with Gasteiger partial charge in [0.1, 0.15) is 11.6 Å². The molecule has 6 heteroatoms. The summed E-state index contributed by atoms with van der Waals surface area (Å²) in [4.78, 5) is 38.8. The molecule has 1 saturated heterocycles. The zero-order valence-electron chi connectivity index (χ0n) is 15.9. The van der Waals surface area contributed by atoms with Gasteiger partial charge >= 0.3 is 0 Å². The third kappa shape index (κ3) is 3.70. The zero-order valence-corrected chi connectivity index (χ0v) is 15.9. The van der Waals surface area contributed by atoms with Crippen molar-refractivity contribution in [3.8, 4) is 5.75 Å². The van der Waals surface area contributed by atoms with Crippen LogP contribution in [0.4, 0.5) is 10.1 Å². The number of hydrogen-bond donors (Lipinski definition) is 0. The van der Waals surface area contributed by atoms with E-state index in [1.54, 1.807) is 24.3 Å². The molecule has 0 bridgehead atoms. The predicted octanol–water partition coefficient (Wildman–Crippen LogP) is 3.93. The topological polar surface area (TPSA) is 63.7 Å². The molecule has 2 aromatic rings. The van der Waals surface area contributed by atoms with Gasteiger partial charge in [0.2, 0.25) is 11.8 Å². The Bertz CT molecular complexity index is 995. The Morgan fingerprint density at radius 1 is 1.03 bits per heavy atom. The molecule has 0 aromatic heterocycles. The monoisotopic (exact) mass is 393 g/mol. The standard InChI is InChI=1S/C23H20FNO4/c1-14-2-11-19-20(12-14)23(28)25(22(19)27)17-7-9-18(10-8-17)29-13-21(26)15-3-5-16(24)6-4-15/h2-10,19-20H,11-13H2,1H3. The van der Waals surface area contributed by atoms with Crippen LogP contribution in [0.25, 0.3) is 0 Å². The molecule has 2 unspecified atom stereocenters. The average molecular weight is 393 g/mol. The number of nitrogens with zero attached hydrogens (tertiary/aromatic N) is 1. The quantitative estimate of drug-likeness (QED) is 0.439. The van der Waals surface area contributed by atoms with Crippen molar-refractivity contribution >= 4 is 23.3 Å². The molecule has 1 heterocycles. The molecule has 2 aromatic carbocycles. The van der Waals surface area contributed by atoms with Gasteiger partial charge in [0.15, 0.2) is 12.4 Å². The lowest BCUT2D eigenvalue weighted by molar-refractivity contribution is -0.122. The van der Waals surface area contributed by atoms with E-state index in [4.69, 9.17) is 4.74 Å². The van der Waals surface area contributed by atoms with Crippen LogP contribution in [0.2, 0.25) is 0 Å². The number of imide groups is 1. The van der Waals surface area contributed by atoms with E-state index in [0.717, 1.165) is 5.57 Å². The molecule has 1 fully saturated rings. The summed E-state index contributed by atoms with van der Waals surface area (Å²) >= 11 is 0. The molecular formula is C23H20FNO4. The molecule has 5 nitrogen and oxygen atoms in total. The Kier molecular flexibility index (Phi) is 5.01. The van der Waals surface area contributed by atoms with Crippen LogP contribution in [0, 0.1) is 17.7 Å². The highest BCUT2D eigenvalue weighted by atomic mass is 19.1. The highest BCUT2D eigenvalue weighted by Crippen LogP contribution is 2.39. The highest BCUT2D eigenvalue weighted by Gasteiger charge is 2.48. The maximum Gasteiger partial charge on any atom is 0.238 e. The van der Waals surface area contributed by atoms with E-state index in [-0.39, 0.29) is 36.0 Å². The third-order valence-electron chi connectivity index (χ3n) is 5.45. The number of fused-ring (bicyclic) bond motifs is 1. The number of anilines is 1. The minimum Gasteiger partial charge on any atom is -0.485 e. The highest BCUT2D eigenvalue weighted by molar-refractivity contribution is 6.22. The first-order chi connectivity index (χ1) is 13.9. The second-order valence-electron chi connectivity index (χ2n) is 7.43. The van der Waals surface area contributed by atoms with Gasteiger partial charge in [-0.05, 0) is 68.3 Å². The summed E-state index contributed by atoms with van der Waals surface area (Å²) in [6.45, 7) is 1.79. The zero-order chi connectivity index (χ0) is 20.5. The molecule has 4 rings (SSSR count). The van der Waals surface area contributed by atoms with Gasteiger partial charge in [-0.15, -0.1) is 0 Å². The largest absolute Gasteiger partial charge is 0.485 e. The lowest BCUT2D eigenvalue weighted by Crippen LogP contribution is -2.30. The maximum atomic E-state index is 12.9. The van der Waals surface area contributed by atoms with Gasteiger partial charge in [-0.3, -0.25) is 19.3 Å². The molecule has 29 heavy (non-hydrogen) atoms. The summed E-state index contributed by atoms with van der Waals surface area (Å²) < 4.78 is 18.4. The number of hydrogen-bond acceptors (Lipinski definition) is 4. The van der Waals surface area contributed by atoms with Crippen molar-refractivity contribution in [2.45, 2.75) is 19.8 Å². The molecule has 0 radical (unpaired) electrons. The van der Waals surface area contributed by atoms with E-state index >= 15 is 0 Å². The summed E-state index contributed by atoms with van der Waals surface area (Å²) in [5.74, 6) is -1.12. The van der Waals surface area contributed by atoms with Crippen molar-refractivity contribution in [1.82, 2.24) is 0 Å². The molecule has 148 valence electrons. The number of ketones is 1. The van der Waals surface area contributed by atoms with Crippen molar-refractivity contribution in [2.24, 2.45) is 11.8 Å². The molecule has 2 atom stereocenters. The fraction of sp³-hybridized carbons (Fsp3) is 0.261. The van der Waals surface area contributed by atoms with E-state index in [9.17, 15) is 18.8 Å². The number of amides is 2. The van der Waals surface area contributed by atoms with Crippen LogP contribution in [0.3, 0.4) is 0 Å². The second kappa shape index (κ2) is 7.62. The van der Waals surface area contributed by atoms with Gasteiger partial charge in [0, 0.05) is 5.56 Å². The van der Waals surface area contributed by atoms with E-state index < -0.39 is 5.82 Å². The minimum atomic E-state index is -0.408. The van der Waals surface area contributed by atoms with Crippen molar-refractivity contribution in [3.63, 3.8) is 0 Å². The second-order valence-corrected chi connectivity index (χ2v) is 7.43. The number of Topliss-reactive ketones (excluding diaryl/α,β-unsaturated/α-hetero) is 1. The number of rotatable bonds is 5. The van der Waals surface area contributed by atoms with Crippen molar-refractivity contribution < 1.29 is 23.5 Å². The van der Waals surface area contributed by atoms with Crippen molar-refractivity contribution in [3.05, 3.63) is 71.6 Å². The Morgan fingerprint density at radius 2 is 1.69 bits per heavy atom. The van der Waals surface area contributed by atoms with Crippen LogP contribution in [0.1, 0.15) is 30.1 Å². The number of ether oxygens (including phenoxy) is 1. The van der Waals surface area contributed by atoms with E-state index in [1.165, 1.54) is 29.2 Å². The molecule has 0 saturated carbocycles. The maximum absolute atomic E-state index is 12.9. The molecule has 2 amide bonds. The smallest absolute Gasteiger partial charge is 0.238 e. The Morgan fingerprint density at radius 3 is 2.38 bits per heavy atom. The first-order valence-corrected chi connectivity index (χ1v) is 9.49. The number of carbonyl (C=O) groups excluding carboxylic acids is 3. The first-order valence-electron chi connectivity index (χ1n) is 9.49. The first kappa shape index (κ1) is 19.1. The van der Waals surface area contributed by atoms with E-state index in [2.05, 4.69) is 0 Å². The molecule has 0 spiro atoms. The van der Waals surface area contributed by atoms with Gasteiger partial charge in [-0.25, -0.2) is 4.39 Å². The van der Waals surface area contributed by atoms with Gasteiger partial charge in [-0.1, -0.05) is 11.6 Å². The Balaban J connectivity index is 1.42. The van der Waals surface area contributed by atoms with E-state index in [1.807, 2.05) is 13.0 Å². The van der Waals surface area contributed by atoms with Gasteiger partial charge in [0.05, 0.1) is 17.5 Å². The summed E-state index contributed by atoms with van der Waals surface area (Å²) in [6.07, 6.45) is 3.26. The predicted molar refractivity (Wildman–Crippen MR) is 105 cm³/mol. The van der Waals surface area contributed by atoms with Crippen LogP contribution in [-0.2, 0) is 9.59 Å². The summed E-state index contributed by atoms with van der Waals surface area (Å²) in [7, 11) is 0. The summed E-state index contributed by atoms with van der Waals surface area (Å²) in [5, 5.41) is 0. The average Bonchev–Trinajstić information content (AvgIpc) is 2.97. The van der Waals surface area contributed by atoms with Gasteiger partial charge < -0.3 is 4.74 Å². The number of benzene rings is 2. The fourth-order valence-electron chi connectivity index (χ4n) is 3.85. The minimum absolute atomic E-state index is 0.160. The van der Waals surface area contributed by atoms with Gasteiger partial charge in [0.25, 0.3) is 0 Å². The van der Waals surface area contributed by atoms with Crippen molar-refractivity contribution in [1.29, 1.82) is 0 Å². The molecular weight excluding hydrogens is 373 g/mol. The molecule has 1 aliphatic heterocycles. The summed E-state index contributed by atoms with van der Waals surface area (Å²) in [5.41, 5.74) is 2.01. The normalized spacial score (nSPS) is 21.0. The third-order valence-corrected chi connectivity index (χ3v) is 5.45. The Hall–Kier alpha value is -3.28. The lowest BCUT2D eigenvalue weighted by Gasteiger charge is -2.18. The van der Waals surface area contributed by atoms with Gasteiger partial charge in [-0.2, -0.15) is 0 Å². The van der Waals surface area contributed by atoms with Crippen LogP contribution in [0.5, 0.6) is 5.75 Å². The number of carbonyl (C=O) groups is 3. The van der Waals surface area contributed by atoms with Crippen LogP contribution < -0.4 is 9.64 Å². The van der Waals surface area contributed by atoms with Crippen LogP contribution in [-0.4, -0.2) is 24.2 Å². The van der Waals surface area contributed by atoms with Crippen LogP contribution in [0.15, 0.2) is 60.2 Å². The molecule has 2 aliphatic rings. The molecule has 1 aliphatic carbocycles. The molecule has 0 N–H and O–H groups in total. The SMILES string of the molecule is CC1=CCC2C(=O)N(c3ccc(OCC(=O)c4ccc(F)cc4)cc3)C(=O)C2C1. The summed E-state index contributed by atoms with van der Waals surface area (Å²) in [6, 6.07) is 11.8. The number of halogens is 1. The number of allylic oxidation sites excluding steroid dienone is 2. The Labute approximate surface area is 167 Å². The fourth-order valence-corrected chi connectivity index (χ4v) is 3.85. The van der Waals surface area contributed by atoms with Crippen molar-refractivity contribution in [2.75, 3.05) is 11.5 Å².